The minimum Gasteiger partial charge on any atom is -0.493 e. The van der Waals surface area contributed by atoms with Gasteiger partial charge in [-0.25, -0.2) is 0 Å². The summed E-state index contributed by atoms with van der Waals surface area (Å²) in [5, 5.41) is 7.67. The summed E-state index contributed by atoms with van der Waals surface area (Å²) in [6.45, 7) is 2.39. The van der Waals surface area contributed by atoms with Crippen molar-refractivity contribution in [3.63, 3.8) is 0 Å². The first-order chi connectivity index (χ1) is 9.81. The van der Waals surface area contributed by atoms with Crippen LogP contribution >= 0.6 is 27.3 Å². The Kier molecular flexibility index (Phi) is 6.36. The van der Waals surface area contributed by atoms with Crippen LogP contribution in [0.1, 0.15) is 5.56 Å². The van der Waals surface area contributed by atoms with E-state index in [0.29, 0.717) is 6.61 Å². The standard InChI is InChI=1S/C15H18BrNO2S/c1-18-14-4-2-3-13(16)15(14)19-9-8-17-7-5-12-6-10-20-11-12/h2-4,6,10-11,17H,5,7-9H2,1H3. The lowest BCUT2D eigenvalue weighted by Gasteiger charge is -2.12. The highest BCUT2D eigenvalue weighted by Crippen LogP contribution is 2.34. The van der Waals surface area contributed by atoms with Crippen LogP contribution < -0.4 is 14.8 Å². The van der Waals surface area contributed by atoms with Crippen LogP contribution in [-0.4, -0.2) is 26.8 Å². The van der Waals surface area contributed by atoms with Gasteiger partial charge >= 0.3 is 0 Å². The minimum absolute atomic E-state index is 0.614. The Morgan fingerprint density at radius 1 is 1.25 bits per heavy atom. The molecule has 0 aliphatic carbocycles. The summed E-state index contributed by atoms with van der Waals surface area (Å²) < 4.78 is 12.0. The molecule has 0 bridgehead atoms. The SMILES string of the molecule is COc1cccc(Br)c1OCCNCCc1ccsc1. The zero-order valence-electron chi connectivity index (χ0n) is 11.4. The first kappa shape index (κ1) is 15.4. The normalized spacial score (nSPS) is 10.5. The number of benzene rings is 1. The van der Waals surface area contributed by atoms with Gasteiger partial charge in [-0.05, 0) is 63.4 Å². The van der Waals surface area contributed by atoms with Crippen LogP contribution in [0.3, 0.4) is 0 Å². The summed E-state index contributed by atoms with van der Waals surface area (Å²) in [5.41, 5.74) is 1.39. The van der Waals surface area contributed by atoms with Gasteiger partial charge in [0.2, 0.25) is 0 Å². The van der Waals surface area contributed by atoms with Gasteiger partial charge in [0.05, 0.1) is 11.6 Å². The molecule has 2 rings (SSSR count). The molecule has 0 amide bonds. The lowest BCUT2D eigenvalue weighted by molar-refractivity contribution is 0.291. The van der Waals surface area contributed by atoms with Crippen LogP contribution in [0.25, 0.3) is 0 Å². The van der Waals surface area contributed by atoms with Crippen molar-refractivity contribution in [3.05, 3.63) is 45.1 Å². The fourth-order valence-corrected chi connectivity index (χ4v) is 2.97. The highest BCUT2D eigenvalue weighted by atomic mass is 79.9. The van der Waals surface area contributed by atoms with Gasteiger partial charge in [0.25, 0.3) is 0 Å². The Morgan fingerprint density at radius 2 is 2.15 bits per heavy atom. The molecule has 0 radical (unpaired) electrons. The van der Waals surface area contributed by atoms with Crippen molar-refractivity contribution in [1.82, 2.24) is 5.32 Å². The van der Waals surface area contributed by atoms with Crippen LogP contribution in [0.15, 0.2) is 39.5 Å². The zero-order valence-corrected chi connectivity index (χ0v) is 13.8. The molecule has 0 saturated heterocycles. The van der Waals surface area contributed by atoms with Gasteiger partial charge in [-0.1, -0.05) is 6.07 Å². The molecule has 108 valence electrons. The average molecular weight is 356 g/mol. The van der Waals surface area contributed by atoms with Crippen LogP contribution in [0, 0.1) is 0 Å². The first-order valence-electron chi connectivity index (χ1n) is 6.48. The Bertz CT molecular complexity index is 517. The van der Waals surface area contributed by atoms with Gasteiger partial charge in [0, 0.05) is 6.54 Å². The number of hydrogen-bond acceptors (Lipinski definition) is 4. The van der Waals surface area contributed by atoms with Crippen molar-refractivity contribution >= 4 is 27.3 Å². The molecule has 3 nitrogen and oxygen atoms in total. The van der Waals surface area contributed by atoms with Gasteiger partial charge in [-0.2, -0.15) is 11.3 Å². The molecule has 0 spiro atoms. The summed E-state index contributed by atoms with van der Waals surface area (Å²) >= 11 is 5.21. The fraction of sp³-hybridized carbons (Fsp3) is 0.333. The number of halogens is 1. The average Bonchev–Trinajstić information content (AvgIpc) is 2.97. The number of nitrogens with one attached hydrogen (secondary N) is 1. The second-order valence-electron chi connectivity index (χ2n) is 4.25. The number of ether oxygens (including phenoxy) is 2. The topological polar surface area (TPSA) is 30.5 Å². The molecule has 2 aromatic rings. The summed E-state index contributed by atoms with van der Waals surface area (Å²) in [4.78, 5) is 0. The van der Waals surface area contributed by atoms with Crippen molar-refractivity contribution in [1.29, 1.82) is 0 Å². The summed E-state index contributed by atoms with van der Waals surface area (Å²) in [5.74, 6) is 1.51. The van der Waals surface area contributed by atoms with Crippen LogP contribution in [0.4, 0.5) is 0 Å². The first-order valence-corrected chi connectivity index (χ1v) is 8.22. The summed E-state index contributed by atoms with van der Waals surface area (Å²) in [6.07, 6.45) is 1.06. The maximum absolute atomic E-state index is 5.76. The van der Waals surface area contributed by atoms with Crippen molar-refractivity contribution in [2.45, 2.75) is 6.42 Å². The zero-order chi connectivity index (χ0) is 14.2. The molecule has 5 heteroatoms. The molecule has 0 fully saturated rings. The number of methoxy groups -OCH3 is 1. The highest BCUT2D eigenvalue weighted by Gasteiger charge is 2.07. The monoisotopic (exact) mass is 355 g/mol. The van der Waals surface area contributed by atoms with Crippen molar-refractivity contribution in [2.24, 2.45) is 0 Å². The van der Waals surface area contributed by atoms with E-state index in [0.717, 1.165) is 35.5 Å². The predicted molar refractivity (Wildman–Crippen MR) is 87.1 cm³/mol. The number of hydrogen-bond donors (Lipinski definition) is 1. The Morgan fingerprint density at radius 3 is 2.90 bits per heavy atom. The Balaban J connectivity index is 1.68. The molecule has 1 aromatic heterocycles. The number of para-hydroxylation sites is 1. The molecule has 0 atom stereocenters. The van der Waals surface area contributed by atoms with Gasteiger partial charge in [-0.15, -0.1) is 0 Å². The van der Waals surface area contributed by atoms with E-state index in [4.69, 9.17) is 9.47 Å². The van der Waals surface area contributed by atoms with E-state index < -0.39 is 0 Å². The molecule has 1 aromatic carbocycles. The van der Waals surface area contributed by atoms with E-state index >= 15 is 0 Å². The van der Waals surface area contributed by atoms with Crippen molar-refractivity contribution in [2.75, 3.05) is 26.8 Å². The summed E-state index contributed by atoms with van der Waals surface area (Å²) in [7, 11) is 1.65. The molecule has 0 saturated carbocycles. The van der Waals surface area contributed by atoms with Gasteiger partial charge in [0.1, 0.15) is 6.61 Å². The van der Waals surface area contributed by atoms with Crippen molar-refractivity contribution in [3.8, 4) is 11.5 Å². The van der Waals surface area contributed by atoms with Crippen LogP contribution in [0.2, 0.25) is 0 Å². The lowest BCUT2D eigenvalue weighted by atomic mass is 10.2. The minimum atomic E-state index is 0.614. The molecule has 20 heavy (non-hydrogen) atoms. The molecule has 0 unspecified atom stereocenters. The quantitative estimate of drug-likeness (QED) is 0.731. The van der Waals surface area contributed by atoms with E-state index in [9.17, 15) is 0 Å². The third kappa shape index (κ3) is 4.51. The second kappa shape index (κ2) is 8.29. The number of thiophene rings is 1. The lowest BCUT2D eigenvalue weighted by Crippen LogP contribution is -2.23. The summed E-state index contributed by atoms with van der Waals surface area (Å²) in [6, 6.07) is 7.93. The smallest absolute Gasteiger partial charge is 0.175 e. The molecular formula is C15H18BrNO2S. The fourth-order valence-electron chi connectivity index (χ4n) is 1.81. The van der Waals surface area contributed by atoms with Crippen molar-refractivity contribution < 1.29 is 9.47 Å². The second-order valence-corrected chi connectivity index (χ2v) is 5.89. The van der Waals surface area contributed by atoms with Gasteiger partial charge in [0.15, 0.2) is 11.5 Å². The van der Waals surface area contributed by atoms with Crippen LogP contribution in [0.5, 0.6) is 11.5 Å². The maximum atomic E-state index is 5.76. The third-order valence-electron chi connectivity index (χ3n) is 2.85. The van der Waals surface area contributed by atoms with Gasteiger partial charge in [-0.3, -0.25) is 0 Å². The van der Waals surface area contributed by atoms with E-state index in [-0.39, 0.29) is 0 Å². The van der Waals surface area contributed by atoms with E-state index in [1.807, 2.05) is 18.2 Å². The molecule has 1 N–H and O–H groups in total. The largest absolute Gasteiger partial charge is 0.493 e. The third-order valence-corrected chi connectivity index (χ3v) is 4.20. The molecule has 0 aliphatic rings. The van der Waals surface area contributed by atoms with Gasteiger partial charge < -0.3 is 14.8 Å². The Labute approximate surface area is 132 Å². The predicted octanol–water partition coefficient (Wildman–Crippen LogP) is 3.73. The molecule has 1 heterocycles. The van der Waals surface area contributed by atoms with E-state index in [2.05, 4.69) is 38.1 Å². The van der Waals surface area contributed by atoms with Crippen LogP contribution in [-0.2, 0) is 6.42 Å². The van der Waals surface area contributed by atoms with E-state index in [1.165, 1.54) is 5.56 Å². The molecule has 0 aliphatic heterocycles. The number of rotatable bonds is 8. The highest BCUT2D eigenvalue weighted by molar-refractivity contribution is 9.10. The molecular weight excluding hydrogens is 338 g/mol. The maximum Gasteiger partial charge on any atom is 0.175 e. The van der Waals surface area contributed by atoms with E-state index in [1.54, 1.807) is 18.4 Å². The Hall–Kier alpha value is -1.04.